The van der Waals surface area contributed by atoms with Gasteiger partial charge in [0.2, 0.25) is 0 Å². The van der Waals surface area contributed by atoms with E-state index in [-0.39, 0.29) is 29.5 Å². The van der Waals surface area contributed by atoms with Crippen LogP contribution in [0.4, 0.5) is 5.82 Å². The summed E-state index contributed by atoms with van der Waals surface area (Å²) in [6.07, 6.45) is 5.90. The van der Waals surface area contributed by atoms with Gasteiger partial charge in [0.25, 0.3) is 0 Å². The third kappa shape index (κ3) is 3.11. The van der Waals surface area contributed by atoms with E-state index in [2.05, 4.69) is 65.0 Å². The Kier molecular flexibility index (Phi) is 4.37. The Balaban J connectivity index is 1.48. The fourth-order valence-electron chi connectivity index (χ4n) is 5.12. The molecule has 1 saturated carbocycles. The van der Waals surface area contributed by atoms with Crippen molar-refractivity contribution in [3.63, 3.8) is 0 Å². The van der Waals surface area contributed by atoms with Gasteiger partial charge in [-0.1, -0.05) is 31.5 Å². The molecule has 2 heterocycles. The Morgan fingerprint density at radius 1 is 1.24 bits per heavy atom. The first kappa shape index (κ1) is 18.9. The van der Waals surface area contributed by atoms with Gasteiger partial charge in [0.1, 0.15) is 17.8 Å². The van der Waals surface area contributed by atoms with Crippen LogP contribution in [-0.4, -0.2) is 25.7 Å². The van der Waals surface area contributed by atoms with Crippen LogP contribution in [0, 0.1) is 12.8 Å². The van der Waals surface area contributed by atoms with Crippen LogP contribution in [0.25, 0.3) is 11.0 Å². The van der Waals surface area contributed by atoms with E-state index >= 15 is 0 Å². The van der Waals surface area contributed by atoms with Crippen LogP contribution in [0.5, 0.6) is 0 Å². The lowest BCUT2D eigenvalue weighted by atomic mass is 9.86. The van der Waals surface area contributed by atoms with Gasteiger partial charge in [-0.05, 0) is 66.8 Å². The van der Waals surface area contributed by atoms with Crippen molar-refractivity contribution in [1.82, 2.24) is 14.5 Å². The second-order valence-corrected chi connectivity index (χ2v) is 9.59. The molecule has 2 N–H and O–H groups in total. The molecule has 0 bridgehead atoms. The topological polar surface area (TPSA) is 63.0 Å². The quantitative estimate of drug-likeness (QED) is 0.634. The Bertz CT molecular complexity index is 1070. The number of halogens is 1. The number of aliphatic hydroxyl groups is 1. The Labute approximate surface area is 176 Å². The lowest BCUT2D eigenvalue weighted by Crippen LogP contribution is -2.15. The van der Waals surface area contributed by atoms with Crippen LogP contribution in [-0.2, 0) is 5.41 Å². The summed E-state index contributed by atoms with van der Waals surface area (Å²) < 4.78 is 2.17. The first-order chi connectivity index (χ1) is 13.8. The van der Waals surface area contributed by atoms with Gasteiger partial charge in [-0.25, -0.2) is 9.97 Å². The molecule has 1 aromatic carbocycles. The minimum atomic E-state index is -0.346. The van der Waals surface area contributed by atoms with Crippen LogP contribution in [0.15, 0.2) is 36.8 Å². The highest BCUT2D eigenvalue weighted by molar-refractivity contribution is 6.30. The molecule has 2 aliphatic rings. The summed E-state index contributed by atoms with van der Waals surface area (Å²) >= 11 is 6.26. The number of fused-ring (bicyclic) bond motifs is 2. The molecule has 0 unspecified atom stereocenters. The van der Waals surface area contributed by atoms with E-state index in [1.807, 2.05) is 6.07 Å². The van der Waals surface area contributed by atoms with E-state index in [9.17, 15) is 5.11 Å². The van der Waals surface area contributed by atoms with Gasteiger partial charge in [0, 0.05) is 17.3 Å². The zero-order valence-electron chi connectivity index (χ0n) is 16.8. The summed E-state index contributed by atoms with van der Waals surface area (Å²) in [5, 5.41) is 15.6. The second kappa shape index (κ2) is 6.71. The molecule has 29 heavy (non-hydrogen) atoms. The minimum Gasteiger partial charge on any atom is -0.393 e. The molecule has 0 aliphatic heterocycles. The lowest BCUT2D eigenvalue weighted by molar-refractivity contribution is 0.149. The molecular weight excluding hydrogens is 384 g/mol. The normalized spacial score (nSPS) is 28.0. The van der Waals surface area contributed by atoms with Gasteiger partial charge in [-0.2, -0.15) is 0 Å². The molecular formula is C23H26ClN4O. The zero-order chi connectivity index (χ0) is 20.3. The van der Waals surface area contributed by atoms with E-state index in [4.69, 9.17) is 11.6 Å². The molecule has 3 aromatic rings. The fourth-order valence-corrected chi connectivity index (χ4v) is 5.30. The molecule has 0 saturated heterocycles. The monoisotopic (exact) mass is 409 g/mol. The van der Waals surface area contributed by atoms with Crippen molar-refractivity contribution in [2.45, 2.75) is 56.7 Å². The van der Waals surface area contributed by atoms with Gasteiger partial charge in [-0.15, -0.1) is 0 Å². The number of nitrogens with zero attached hydrogens (tertiary/aromatic N) is 3. The first-order valence-electron chi connectivity index (χ1n) is 10.2. The van der Waals surface area contributed by atoms with Gasteiger partial charge < -0.3 is 15.0 Å². The Morgan fingerprint density at radius 3 is 2.83 bits per heavy atom. The van der Waals surface area contributed by atoms with Crippen molar-refractivity contribution >= 4 is 28.5 Å². The molecule has 1 radical (unpaired) electrons. The number of nitrogens with one attached hydrogen (secondary N) is 1. The average Bonchev–Trinajstić information content (AvgIpc) is 3.31. The van der Waals surface area contributed by atoms with Crippen molar-refractivity contribution < 1.29 is 5.11 Å². The molecule has 0 spiro atoms. The summed E-state index contributed by atoms with van der Waals surface area (Å²) in [6.45, 7) is 8.59. The van der Waals surface area contributed by atoms with E-state index in [1.165, 1.54) is 11.1 Å². The van der Waals surface area contributed by atoms with Crippen molar-refractivity contribution in [3.8, 4) is 0 Å². The summed E-state index contributed by atoms with van der Waals surface area (Å²) in [4.78, 5) is 9.10. The standard InChI is InChI=1S/C23H26ClN4O/c1-13-8-15(10-20(13)29)28-7-6-17-21(25-12-26-22(17)28)27-19-11-23(2,3)18-9-14(24)4-5-16(18)19/h4-7,9,12-13,15,19-20,29H,1,8,10-11H2,2-3H3,(H,25,26,27)/t13-,15+,19-,20-/m0/s1. The van der Waals surface area contributed by atoms with Crippen LogP contribution in [0.2, 0.25) is 5.02 Å². The van der Waals surface area contributed by atoms with Crippen LogP contribution in [0.3, 0.4) is 0 Å². The third-order valence-electron chi connectivity index (χ3n) is 6.68. The van der Waals surface area contributed by atoms with Crippen molar-refractivity contribution in [1.29, 1.82) is 0 Å². The van der Waals surface area contributed by atoms with Gasteiger partial charge >= 0.3 is 0 Å². The number of hydrogen-bond acceptors (Lipinski definition) is 4. The molecule has 6 heteroatoms. The number of anilines is 1. The smallest absolute Gasteiger partial charge is 0.145 e. The maximum atomic E-state index is 10.1. The highest BCUT2D eigenvalue weighted by atomic mass is 35.5. The summed E-state index contributed by atoms with van der Waals surface area (Å²) in [6, 6.07) is 8.65. The number of aromatic nitrogens is 3. The first-order valence-corrected chi connectivity index (χ1v) is 10.6. The minimum absolute atomic E-state index is 0.0547. The Morgan fingerprint density at radius 2 is 2.07 bits per heavy atom. The predicted octanol–water partition coefficient (Wildman–Crippen LogP) is 5.07. The fraction of sp³-hybridized carbons (Fsp3) is 0.435. The Hall–Kier alpha value is -2.11. The van der Waals surface area contributed by atoms with Gasteiger partial charge in [0.05, 0.1) is 17.5 Å². The van der Waals surface area contributed by atoms with Crippen LogP contribution in [0.1, 0.15) is 56.3 Å². The van der Waals surface area contributed by atoms with E-state index in [1.54, 1.807) is 6.33 Å². The van der Waals surface area contributed by atoms with Gasteiger partial charge in [-0.3, -0.25) is 0 Å². The molecule has 0 amide bonds. The molecule has 2 aliphatic carbocycles. The second-order valence-electron chi connectivity index (χ2n) is 9.15. The highest BCUT2D eigenvalue weighted by Crippen LogP contribution is 2.47. The molecule has 5 nitrogen and oxygen atoms in total. The molecule has 151 valence electrons. The van der Waals surface area contributed by atoms with E-state index in [0.717, 1.165) is 41.1 Å². The molecule has 1 fully saturated rings. The van der Waals surface area contributed by atoms with Crippen LogP contribution >= 0.6 is 11.6 Å². The summed E-state index contributed by atoms with van der Waals surface area (Å²) in [5.74, 6) is 0.919. The molecule has 5 rings (SSSR count). The largest absolute Gasteiger partial charge is 0.393 e. The number of hydrogen-bond donors (Lipinski definition) is 2. The summed E-state index contributed by atoms with van der Waals surface area (Å²) in [5.41, 5.74) is 3.54. The predicted molar refractivity (Wildman–Crippen MR) is 116 cm³/mol. The number of benzene rings is 1. The van der Waals surface area contributed by atoms with E-state index in [0.29, 0.717) is 0 Å². The van der Waals surface area contributed by atoms with Crippen molar-refractivity contribution in [2.24, 2.45) is 5.92 Å². The maximum absolute atomic E-state index is 10.1. The molecule has 2 aromatic heterocycles. The van der Waals surface area contributed by atoms with Crippen molar-refractivity contribution in [2.75, 3.05) is 5.32 Å². The number of rotatable bonds is 3. The number of aliphatic hydroxyl groups excluding tert-OH is 1. The lowest BCUT2D eigenvalue weighted by Gasteiger charge is -2.20. The average molecular weight is 410 g/mol. The highest BCUT2D eigenvalue weighted by Gasteiger charge is 2.37. The SMILES string of the molecule is [CH2][C@H]1C[C@@H](n2ccc3c(N[C@H]4CC(C)(C)c5cc(Cl)ccc54)ncnc32)C[C@@H]1O. The maximum Gasteiger partial charge on any atom is 0.145 e. The molecule has 4 atom stereocenters. The summed E-state index contributed by atoms with van der Waals surface area (Å²) in [7, 11) is 0. The third-order valence-corrected chi connectivity index (χ3v) is 6.92. The van der Waals surface area contributed by atoms with E-state index < -0.39 is 0 Å². The van der Waals surface area contributed by atoms with Crippen molar-refractivity contribution in [3.05, 3.63) is 59.9 Å². The zero-order valence-corrected chi connectivity index (χ0v) is 17.5. The van der Waals surface area contributed by atoms with Crippen LogP contribution < -0.4 is 5.32 Å². The van der Waals surface area contributed by atoms with Gasteiger partial charge in [0.15, 0.2) is 0 Å².